The van der Waals surface area contributed by atoms with Crippen LogP contribution in [0.25, 0.3) is 0 Å². The van der Waals surface area contributed by atoms with Gasteiger partial charge in [0.15, 0.2) is 0 Å². The molecule has 0 saturated heterocycles. The van der Waals surface area contributed by atoms with Gasteiger partial charge in [0, 0.05) is 6.42 Å². The molecule has 0 N–H and O–H groups in total. The zero-order chi connectivity index (χ0) is 9.68. The van der Waals surface area contributed by atoms with E-state index in [9.17, 15) is 4.79 Å². The maximum Gasteiger partial charge on any atom is 0.305 e. The van der Waals surface area contributed by atoms with Gasteiger partial charge in [-0.3, -0.25) is 4.79 Å². The van der Waals surface area contributed by atoms with Gasteiger partial charge in [-0.1, -0.05) is 0 Å². The number of ether oxygens (including phenoxy) is 1. The van der Waals surface area contributed by atoms with Crippen molar-refractivity contribution in [1.29, 1.82) is 0 Å². The monoisotopic (exact) mass is 183 g/mol. The number of hydrogen-bond donors (Lipinski definition) is 0. The van der Waals surface area contributed by atoms with Crippen LogP contribution in [0.15, 0.2) is 18.7 Å². The van der Waals surface area contributed by atoms with Gasteiger partial charge < -0.3 is 4.74 Å². The van der Waals surface area contributed by atoms with Crippen molar-refractivity contribution < 1.29 is 14.1 Å². The minimum absolute atomic E-state index is 0.142. The first-order valence-electron chi connectivity index (χ1n) is 4.30. The van der Waals surface area contributed by atoms with E-state index < -0.39 is 0 Å². The summed E-state index contributed by atoms with van der Waals surface area (Å²) in [5.41, 5.74) is 0. The first-order valence-corrected chi connectivity index (χ1v) is 4.30. The highest BCUT2D eigenvalue weighted by molar-refractivity contribution is 5.68. The van der Waals surface area contributed by atoms with Gasteiger partial charge in [-0.2, -0.15) is 0 Å². The third kappa shape index (κ3) is 3.27. The number of imidazole rings is 1. The summed E-state index contributed by atoms with van der Waals surface area (Å²) in [6, 6.07) is 0. The predicted molar refractivity (Wildman–Crippen MR) is 46.9 cm³/mol. The highest BCUT2D eigenvalue weighted by Gasteiger charge is 2.03. The first kappa shape index (κ1) is 9.77. The Morgan fingerprint density at radius 3 is 2.92 bits per heavy atom. The molecule has 0 aliphatic carbocycles. The van der Waals surface area contributed by atoms with Crippen LogP contribution < -0.4 is 4.57 Å². The minimum atomic E-state index is -0.142. The van der Waals surface area contributed by atoms with Crippen LogP contribution in [0.5, 0.6) is 0 Å². The van der Waals surface area contributed by atoms with Crippen molar-refractivity contribution >= 4 is 5.97 Å². The van der Waals surface area contributed by atoms with E-state index in [0.717, 1.165) is 13.0 Å². The maximum atomic E-state index is 10.8. The Labute approximate surface area is 77.7 Å². The van der Waals surface area contributed by atoms with Crippen LogP contribution in [0.4, 0.5) is 0 Å². The van der Waals surface area contributed by atoms with Gasteiger partial charge in [-0.25, -0.2) is 9.13 Å². The van der Waals surface area contributed by atoms with Crippen molar-refractivity contribution in [2.24, 2.45) is 7.05 Å². The SMILES string of the molecule is COC(=O)CCC[n+]1ccn(C)c1. The second-order valence-electron chi connectivity index (χ2n) is 3.00. The molecule has 0 saturated carbocycles. The molecule has 1 aromatic heterocycles. The van der Waals surface area contributed by atoms with Gasteiger partial charge in [0.1, 0.15) is 12.4 Å². The topological polar surface area (TPSA) is 35.1 Å². The molecule has 0 amide bonds. The van der Waals surface area contributed by atoms with Crippen molar-refractivity contribution in [3.63, 3.8) is 0 Å². The molecule has 72 valence electrons. The van der Waals surface area contributed by atoms with E-state index in [-0.39, 0.29) is 5.97 Å². The average Bonchev–Trinajstić information content (AvgIpc) is 2.51. The Kier molecular flexibility index (Phi) is 3.49. The van der Waals surface area contributed by atoms with Crippen LogP contribution in [0.2, 0.25) is 0 Å². The number of rotatable bonds is 4. The normalized spacial score (nSPS) is 10.0. The molecule has 0 fully saturated rings. The number of aromatic nitrogens is 2. The van der Waals surface area contributed by atoms with Gasteiger partial charge in [0.05, 0.1) is 20.7 Å². The molecule has 0 aromatic carbocycles. The fourth-order valence-electron chi connectivity index (χ4n) is 1.14. The Bertz CT molecular complexity index is 281. The van der Waals surface area contributed by atoms with Gasteiger partial charge >= 0.3 is 5.97 Å². The minimum Gasteiger partial charge on any atom is -0.469 e. The van der Waals surface area contributed by atoms with Gasteiger partial charge in [0.2, 0.25) is 6.33 Å². The van der Waals surface area contributed by atoms with E-state index in [2.05, 4.69) is 4.74 Å². The van der Waals surface area contributed by atoms with E-state index in [1.165, 1.54) is 7.11 Å². The van der Waals surface area contributed by atoms with Crippen molar-refractivity contribution in [2.75, 3.05) is 7.11 Å². The summed E-state index contributed by atoms with van der Waals surface area (Å²) >= 11 is 0. The summed E-state index contributed by atoms with van der Waals surface area (Å²) in [5, 5.41) is 0. The molecular formula is C9H15N2O2+. The van der Waals surface area contributed by atoms with Crippen molar-refractivity contribution in [1.82, 2.24) is 4.57 Å². The molecule has 0 unspecified atom stereocenters. The lowest BCUT2D eigenvalue weighted by Gasteiger charge is -1.96. The van der Waals surface area contributed by atoms with E-state index in [4.69, 9.17) is 0 Å². The average molecular weight is 183 g/mol. The third-order valence-electron chi connectivity index (χ3n) is 1.85. The summed E-state index contributed by atoms with van der Waals surface area (Å²) in [6.45, 7) is 0.857. The van der Waals surface area contributed by atoms with E-state index in [1.54, 1.807) is 0 Å². The molecule has 0 atom stereocenters. The van der Waals surface area contributed by atoms with E-state index in [0.29, 0.717) is 6.42 Å². The van der Waals surface area contributed by atoms with E-state index in [1.807, 2.05) is 34.9 Å². The van der Waals surface area contributed by atoms with Gasteiger partial charge in [-0.05, 0) is 6.42 Å². The number of methoxy groups -OCH3 is 1. The summed E-state index contributed by atoms with van der Waals surface area (Å²) in [7, 11) is 3.38. The molecule has 4 nitrogen and oxygen atoms in total. The fraction of sp³-hybridized carbons (Fsp3) is 0.556. The molecule has 1 rings (SSSR count). The summed E-state index contributed by atoms with van der Waals surface area (Å²) in [5.74, 6) is -0.142. The molecular weight excluding hydrogens is 168 g/mol. The second kappa shape index (κ2) is 4.64. The molecule has 13 heavy (non-hydrogen) atoms. The Balaban J connectivity index is 2.24. The summed E-state index contributed by atoms with van der Waals surface area (Å²) < 4.78 is 8.55. The Morgan fingerprint density at radius 1 is 1.62 bits per heavy atom. The third-order valence-corrected chi connectivity index (χ3v) is 1.85. The quantitative estimate of drug-likeness (QED) is 0.496. The van der Waals surface area contributed by atoms with Crippen LogP contribution in [0.3, 0.4) is 0 Å². The first-order chi connectivity index (χ1) is 6.22. The number of nitrogens with zero attached hydrogens (tertiary/aromatic N) is 2. The molecule has 1 heterocycles. The number of carbonyl (C=O) groups is 1. The van der Waals surface area contributed by atoms with Crippen LogP contribution in [-0.4, -0.2) is 17.6 Å². The zero-order valence-corrected chi connectivity index (χ0v) is 8.06. The molecule has 0 bridgehead atoms. The maximum absolute atomic E-state index is 10.8. The lowest BCUT2D eigenvalue weighted by molar-refractivity contribution is -0.696. The van der Waals surface area contributed by atoms with Crippen LogP contribution >= 0.6 is 0 Å². The van der Waals surface area contributed by atoms with Crippen molar-refractivity contribution in [3.8, 4) is 0 Å². The fourth-order valence-corrected chi connectivity index (χ4v) is 1.14. The van der Waals surface area contributed by atoms with Crippen molar-refractivity contribution in [3.05, 3.63) is 18.7 Å². The summed E-state index contributed by atoms with van der Waals surface area (Å²) in [6.07, 6.45) is 7.24. The number of hydrogen-bond acceptors (Lipinski definition) is 2. The van der Waals surface area contributed by atoms with Gasteiger partial charge in [-0.15, -0.1) is 0 Å². The molecule has 0 aliphatic heterocycles. The van der Waals surface area contributed by atoms with Crippen LogP contribution in [-0.2, 0) is 23.1 Å². The number of esters is 1. The molecule has 0 spiro atoms. The summed E-state index contributed by atoms with van der Waals surface area (Å²) in [4.78, 5) is 10.8. The zero-order valence-electron chi connectivity index (χ0n) is 8.06. The Hall–Kier alpha value is -1.32. The lowest BCUT2D eigenvalue weighted by atomic mass is 10.3. The Morgan fingerprint density at radius 2 is 2.38 bits per heavy atom. The van der Waals surface area contributed by atoms with Crippen LogP contribution in [0.1, 0.15) is 12.8 Å². The van der Waals surface area contributed by atoms with Crippen LogP contribution in [0, 0.1) is 0 Å². The molecule has 0 aliphatic rings. The highest BCUT2D eigenvalue weighted by atomic mass is 16.5. The lowest BCUT2D eigenvalue weighted by Crippen LogP contribution is -2.31. The number of aryl methyl sites for hydroxylation is 2. The van der Waals surface area contributed by atoms with Gasteiger partial charge in [0.25, 0.3) is 0 Å². The highest BCUT2D eigenvalue weighted by Crippen LogP contribution is 1.91. The second-order valence-corrected chi connectivity index (χ2v) is 3.00. The van der Waals surface area contributed by atoms with E-state index >= 15 is 0 Å². The molecule has 0 radical (unpaired) electrons. The number of carbonyl (C=O) groups excluding carboxylic acids is 1. The molecule has 4 heteroatoms. The molecule has 1 aromatic rings. The largest absolute Gasteiger partial charge is 0.469 e. The smallest absolute Gasteiger partial charge is 0.305 e. The standard InChI is InChI=1S/C9H15N2O2/c1-10-6-7-11(8-10)5-3-4-9(12)13-2/h6-8H,3-5H2,1-2H3/q+1. The van der Waals surface area contributed by atoms with Crippen molar-refractivity contribution in [2.45, 2.75) is 19.4 Å². The predicted octanol–water partition coefficient (Wildman–Crippen LogP) is 0.266.